The molecule has 6 aromatic carbocycles. The Balaban J connectivity index is 0.000000127. The largest absolute Gasteiger partial charge is 0.491 e. The quantitative estimate of drug-likeness (QED) is 0.0851. The molecule has 80 heavy (non-hydrogen) atoms. The first-order valence-electron chi connectivity index (χ1n) is 28.5. The number of carbonyl (C=O) groups is 3. The summed E-state index contributed by atoms with van der Waals surface area (Å²) in [5.74, 6) is -1.42. The number of hydrogen-bond acceptors (Lipinski definition) is 6. The Hall–Kier alpha value is -8.09. The van der Waals surface area contributed by atoms with Crippen molar-refractivity contribution < 1.29 is 43.9 Å². The molecular weight excluding hydrogens is 1000 g/mol. The summed E-state index contributed by atoms with van der Waals surface area (Å²) < 4.78 is 23.9. The van der Waals surface area contributed by atoms with Gasteiger partial charge in [-0.2, -0.15) is 0 Å². The molecule has 1 fully saturated rings. The third kappa shape index (κ3) is 10.9. The first-order valence-corrected chi connectivity index (χ1v) is 28.5. The van der Waals surface area contributed by atoms with Gasteiger partial charge in [-0.25, -0.2) is 14.4 Å². The van der Waals surface area contributed by atoms with Gasteiger partial charge in [-0.1, -0.05) is 84.9 Å². The van der Waals surface area contributed by atoms with Crippen LogP contribution in [0.3, 0.4) is 0 Å². The molecule has 0 unspecified atom stereocenters. The van der Waals surface area contributed by atoms with Crippen LogP contribution in [0.25, 0.3) is 32.7 Å². The summed E-state index contributed by atoms with van der Waals surface area (Å²) in [6.45, 7) is 6.40. The van der Waals surface area contributed by atoms with Gasteiger partial charge >= 0.3 is 17.9 Å². The monoisotopic (exact) mass is 1070 g/mol. The van der Waals surface area contributed by atoms with Crippen LogP contribution < -0.4 is 9.47 Å². The molecule has 12 heteroatoms. The molecule has 0 atom stereocenters. The minimum atomic E-state index is -0.933. The van der Waals surface area contributed by atoms with Crippen LogP contribution in [0, 0.1) is 5.41 Å². The lowest BCUT2D eigenvalue weighted by atomic mass is 9.84. The number of ether oxygens (including phenoxy) is 3. The summed E-state index contributed by atoms with van der Waals surface area (Å²) in [6.07, 6.45) is 15.3. The van der Waals surface area contributed by atoms with Crippen LogP contribution in [0.15, 0.2) is 133 Å². The maximum atomic E-state index is 11.9. The maximum absolute atomic E-state index is 11.9. The number of benzene rings is 6. The zero-order chi connectivity index (χ0) is 55.5. The average molecular weight is 1070 g/mol. The number of nitrogens with zero attached hydrogens (tertiary/aromatic N) is 3. The lowest BCUT2D eigenvalue weighted by Crippen LogP contribution is -2.17. The molecule has 3 heterocycles. The van der Waals surface area contributed by atoms with E-state index < -0.39 is 17.9 Å². The Morgan fingerprint density at radius 3 is 1.46 bits per heavy atom. The molecule has 13 rings (SSSR count). The van der Waals surface area contributed by atoms with Crippen molar-refractivity contribution in [3.8, 4) is 11.5 Å². The van der Waals surface area contributed by atoms with E-state index >= 15 is 0 Å². The number of hydrogen-bond donors (Lipinski definition) is 3. The van der Waals surface area contributed by atoms with Crippen LogP contribution in [0.1, 0.15) is 140 Å². The highest BCUT2D eigenvalue weighted by atomic mass is 16.5. The molecule has 0 saturated heterocycles. The second-order valence-electron chi connectivity index (χ2n) is 22.3. The summed E-state index contributed by atoms with van der Waals surface area (Å²) in [7, 11) is 1.62. The highest BCUT2D eigenvalue weighted by Crippen LogP contribution is 2.56. The van der Waals surface area contributed by atoms with Crippen molar-refractivity contribution in [1.82, 2.24) is 13.7 Å². The Labute approximate surface area is 467 Å². The molecule has 0 bridgehead atoms. The molecule has 3 aromatic heterocycles. The summed E-state index contributed by atoms with van der Waals surface area (Å²) in [4.78, 5) is 35.4. The number of fused-ring (bicyclic) bond motifs is 9. The third-order valence-electron chi connectivity index (χ3n) is 17.0. The lowest BCUT2D eigenvalue weighted by Gasteiger charge is -2.23. The Kier molecular flexibility index (Phi) is 15.7. The van der Waals surface area contributed by atoms with Crippen molar-refractivity contribution in [3.05, 3.63) is 201 Å². The summed E-state index contributed by atoms with van der Waals surface area (Å²) in [6, 6.07) is 43.4. The van der Waals surface area contributed by atoms with E-state index in [0.717, 1.165) is 48.7 Å². The molecule has 0 amide bonds. The second kappa shape index (κ2) is 23.3. The second-order valence-corrected chi connectivity index (χ2v) is 22.3. The van der Waals surface area contributed by atoms with Crippen LogP contribution in [-0.4, -0.2) is 73.4 Å². The van der Waals surface area contributed by atoms with Crippen LogP contribution in [0.5, 0.6) is 11.5 Å². The first kappa shape index (κ1) is 53.9. The molecule has 9 aromatic rings. The number of carboxylic acid groups (broad SMARTS) is 3. The van der Waals surface area contributed by atoms with Gasteiger partial charge in [-0.05, 0) is 174 Å². The molecule has 0 radical (unpaired) electrons. The third-order valence-corrected chi connectivity index (χ3v) is 17.0. The fourth-order valence-corrected chi connectivity index (χ4v) is 13.0. The Bertz CT molecular complexity index is 3780. The SMILES string of the molecule is CC(C)Oc1cccc(C(=O)O)c1Cn1c2c(c3ccccc31)CCCC2.COCCOc1cccc(C(=O)O)c1Cn1c2c(c3ccccc31)CCCC2.O=C(O)c1ccccc1Cn1c2c(c3ccccc31)CC1(CC2)CC1. The van der Waals surface area contributed by atoms with Crippen molar-refractivity contribution in [2.45, 2.75) is 123 Å². The predicted octanol–water partition coefficient (Wildman–Crippen LogP) is 14.0. The van der Waals surface area contributed by atoms with Gasteiger partial charge in [0.1, 0.15) is 18.1 Å². The van der Waals surface area contributed by atoms with Crippen LogP contribution >= 0.6 is 0 Å². The molecule has 412 valence electrons. The number of methoxy groups -OCH3 is 1. The van der Waals surface area contributed by atoms with Crippen molar-refractivity contribution in [1.29, 1.82) is 0 Å². The Morgan fingerprint density at radius 1 is 0.487 bits per heavy atom. The van der Waals surface area contributed by atoms with Gasteiger partial charge in [0.15, 0.2) is 0 Å². The van der Waals surface area contributed by atoms with Crippen LogP contribution in [0.2, 0.25) is 0 Å². The molecule has 3 N–H and O–H groups in total. The van der Waals surface area contributed by atoms with Gasteiger partial charge in [-0.3, -0.25) is 0 Å². The number of aryl methyl sites for hydroxylation is 2. The Morgan fingerprint density at radius 2 is 0.938 bits per heavy atom. The average Bonchev–Trinajstić information content (AvgIpc) is 3.99. The van der Waals surface area contributed by atoms with Crippen molar-refractivity contribution in [3.63, 3.8) is 0 Å². The number of aromatic carboxylic acids is 3. The van der Waals surface area contributed by atoms with E-state index in [1.807, 2.05) is 44.2 Å². The lowest BCUT2D eigenvalue weighted by molar-refractivity contribution is 0.0684. The van der Waals surface area contributed by atoms with Crippen LogP contribution in [0.4, 0.5) is 0 Å². The van der Waals surface area contributed by atoms with Crippen molar-refractivity contribution in [2.75, 3.05) is 20.3 Å². The van der Waals surface area contributed by atoms with Gasteiger partial charge in [-0.15, -0.1) is 0 Å². The standard InChI is InChI=1S/C23H25NO4.C23H25NO3.C22H21NO2/c1-27-13-14-28-22-12-6-9-18(23(25)26)19(22)15-24-20-10-4-2-7-16(20)17-8-3-5-11-21(17)24;1-15(2)27-22-13-7-10-18(23(25)26)19(22)14-24-20-11-5-3-8-16(20)17-9-4-6-12-21(17)24;24-21(25)16-6-2-1-5-15(16)14-23-19-8-4-3-7-17(19)18-13-22(11-12-22)10-9-20(18)23/h2,4,6-7,9-10,12H,3,5,8,11,13-15H2,1H3,(H,25,26);3,5,7-8,10-11,13,15H,4,6,9,12,14H2,1-2H3,(H,25,26);1-8H,9-14H2,(H,24,25). The fraction of sp³-hybridized carbons (Fsp3) is 0.338. The predicted molar refractivity (Wildman–Crippen MR) is 313 cm³/mol. The summed E-state index contributed by atoms with van der Waals surface area (Å²) in [5, 5.41) is 32.9. The smallest absolute Gasteiger partial charge is 0.336 e. The van der Waals surface area contributed by atoms with E-state index in [1.54, 1.807) is 43.5 Å². The summed E-state index contributed by atoms with van der Waals surface area (Å²) >= 11 is 0. The zero-order valence-corrected chi connectivity index (χ0v) is 46.1. The maximum Gasteiger partial charge on any atom is 0.336 e. The molecule has 0 aliphatic heterocycles. The van der Waals surface area contributed by atoms with E-state index in [-0.39, 0.29) is 11.7 Å². The van der Waals surface area contributed by atoms with Crippen molar-refractivity contribution in [2.24, 2.45) is 5.41 Å². The minimum Gasteiger partial charge on any atom is -0.491 e. The van der Waals surface area contributed by atoms with E-state index in [1.165, 1.54) is 112 Å². The highest BCUT2D eigenvalue weighted by molar-refractivity contribution is 5.93. The number of carboxylic acids is 3. The number of para-hydroxylation sites is 3. The molecule has 12 nitrogen and oxygen atoms in total. The number of rotatable bonds is 15. The molecule has 1 spiro atoms. The summed E-state index contributed by atoms with van der Waals surface area (Å²) in [5.41, 5.74) is 15.9. The van der Waals surface area contributed by atoms with Gasteiger partial charge in [0.05, 0.1) is 42.5 Å². The molecular formula is C68H71N3O9. The van der Waals surface area contributed by atoms with E-state index in [0.29, 0.717) is 66.5 Å². The number of aromatic nitrogens is 3. The van der Waals surface area contributed by atoms with E-state index in [2.05, 4.69) is 80.4 Å². The molecule has 1 saturated carbocycles. The van der Waals surface area contributed by atoms with Gasteiger partial charge in [0, 0.05) is 74.6 Å². The first-order chi connectivity index (χ1) is 38.9. The molecule has 4 aliphatic carbocycles. The fourth-order valence-electron chi connectivity index (χ4n) is 13.0. The minimum absolute atomic E-state index is 0.0110. The molecule has 4 aliphatic rings. The van der Waals surface area contributed by atoms with Gasteiger partial charge in [0.2, 0.25) is 0 Å². The van der Waals surface area contributed by atoms with E-state index in [9.17, 15) is 29.7 Å². The normalized spacial score (nSPS) is 14.8. The van der Waals surface area contributed by atoms with Gasteiger partial charge < -0.3 is 43.2 Å². The van der Waals surface area contributed by atoms with Crippen LogP contribution in [-0.2, 0) is 62.9 Å². The van der Waals surface area contributed by atoms with Crippen molar-refractivity contribution >= 4 is 50.6 Å². The highest BCUT2D eigenvalue weighted by Gasteiger charge is 2.46. The zero-order valence-electron chi connectivity index (χ0n) is 46.1. The van der Waals surface area contributed by atoms with E-state index in [4.69, 9.17) is 14.2 Å². The van der Waals surface area contributed by atoms with Gasteiger partial charge in [0.25, 0.3) is 0 Å². The topological polar surface area (TPSA) is 154 Å².